The zero-order valence-corrected chi connectivity index (χ0v) is 12.7. The van der Waals surface area contributed by atoms with E-state index in [9.17, 15) is 15.2 Å². The van der Waals surface area contributed by atoms with Crippen molar-refractivity contribution in [2.45, 2.75) is 45.6 Å². The van der Waals surface area contributed by atoms with Gasteiger partial charge in [-0.2, -0.15) is 0 Å². The van der Waals surface area contributed by atoms with Gasteiger partial charge in [-0.15, -0.1) is 0 Å². The molecule has 2 atom stereocenters. The molecule has 5 nitrogen and oxygen atoms in total. The van der Waals surface area contributed by atoms with E-state index in [0.717, 1.165) is 24.8 Å². The molecule has 0 saturated heterocycles. The van der Waals surface area contributed by atoms with Crippen LogP contribution in [-0.4, -0.2) is 22.7 Å². The summed E-state index contributed by atoms with van der Waals surface area (Å²) >= 11 is 0. The van der Waals surface area contributed by atoms with Crippen molar-refractivity contribution in [3.8, 4) is 0 Å². The maximum atomic E-state index is 10.9. The highest BCUT2D eigenvalue weighted by Crippen LogP contribution is 2.47. The second-order valence-electron chi connectivity index (χ2n) is 6.91. The maximum Gasteiger partial charge on any atom is 0.269 e. The van der Waals surface area contributed by atoms with Crippen LogP contribution in [0.15, 0.2) is 24.3 Å². The van der Waals surface area contributed by atoms with Crippen LogP contribution in [0.4, 0.5) is 5.69 Å². The molecule has 0 spiro atoms. The van der Waals surface area contributed by atoms with Gasteiger partial charge in [-0.1, -0.05) is 32.4 Å². The normalized spacial score (nSPS) is 28.3. The third kappa shape index (κ3) is 3.09. The molecule has 1 aliphatic carbocycles. The first-order valence-electron chi connectivity index (χ1n) is 7.42. The highest BCUT2D eigenvalue weighted by molar-refractivity contribution is 5.35. The number of benzene rings is 1. The molecular formula is C16H24N2O3. The number of nitrogens with two attached hydrogens (primary N) is 1. The standard InChI is InChI=1S/C16H24N2O3/c1-15(2)7-4-8-16(11-17,14(15)19)10-12-5-3-6-13(9-12)18(20)21/h3,5-6,9,14,19H,4,7-8,10-11,17H2,1-2H3. The van der Waals surface area contributed by atoms with Gasteiger partial charge < -0.3 is 10.8 Å². The molecule has 21 heavy (non-hydrogen) atoms. The fraction of sp³-hybridized carbons (Fsp3) is 0.625. The van der Waals surface area contributed by atoms with Gasteiger partial charge in [0, 0.05) is 24.1 Å². The predicted molar refractivity (Wildman–Crippen MR) is 81.9 cm³/mol. The number of hydrogen-bond acceptors (Lipinski definition) is 4. The van der Waals surface area contributed by atoms with Gasteiger partial charge in [-0.3, -0.25) is 10.1 Å². The molecule has 3 N–H and O–H groups in total. The van der Waals surface area contributed by atoms with Gasteiger partial charge in [0.25, 0.3) is 5.69 Å². The molecule has 1 aliphatic rings. The van der Waals surface area contributed by atoms with Gasteiger partial charge in [0.05, 0.1) is 11.0 Å². The van der Waals surface area contributed by atoms with Crippen LogP contribution in [0.5, 0.6) is 0 Å². The van der Waals surface area contributed by atoms with Crippen molar-refractivity contribution in [2.75, 3.05) is 6.54 Å². The van der Waals surface area contributed by atoms with E-state index in [1.54, 1.807) is 12.1 Å². The van der Waals surface area contributed by atoms with Crippen LogP contribution in [0.1, 0.15) is 38.7 Å². The van der Waals surface area contributed by atoms with Crippen LogP contribution in [0.3, 0.4) is 0 Å². The van der Waals surface area contributed by atoms with Gasteiger partial charge in [0.2, 0.25) is 0 Å². The van der Waals surface area contributed by atoms with Crippen molar-refractivity contribution in [3.63, 3.8) is 0 Å². The monoisotopic (exact) mass is 292 g/mol. The van der Waals surface area contributed by atoms with E-state index >= 15 is 0 Å². The van der Waals surface area contributed by atoms with Crippen molar-refractivity contribution in [3.05, 3.63) is 39.9 Å². The van der Waals surface area contributed by atoms with E-state index in [2.05, 4.69) is 13.8 Å². The summed E-state index contributed by atoms with van der Waals surface area (Å²) in [5.74, 6) is 0. The highest BCUT2D eigenvalue weighted by Gasteiger charge is 2.47. The average Bonchev–Trinajstić information content (AvgIpc) is 2.44. The number of nitro groups is 1. The Morgan fingerprint density at radius 2 is 2.14 bits per heavy atom. The summed E-state index contributed by atoms with van der Waals surface area (Å²) in [7, 11) is 0. The highest BCUT2D eigenvalue weighted by atomic mass is 16.6. The summed E-state index contributed by atoms with van der Waals surface area (Å²) in [6.07, 6.45) is 2.94. The smallest absolute Gasteiger partial charge is 0.269 e. The molecule has 5 heteroatoms. The van der Waals surface area contributed by atoms with E-state index in [1.165, 1.54) is 6.07 Å². The van der Waals surface area contributed by atoms with Gasteiger partial charge in [0.15, 0.2) is 0 Å². The van der Waals surface area contributed by atoms with E-state index in [1.807, 2.05) is 6.07 Å². The lowest BCUT2D eigenvalue weighted by Gasteiger charge is -2.49. The lowest BCUT2D eigenvalue weighted by atomic mass is 9.59. The van der Waals surface area contributed by atoms with Crippen molar-refractivity contribution in [1.82, 2.24) is 0 Å². The molecule has 0 radical (unpaired) electrons. The first-order chi connectivity index (χ1) is 9.81. The zero-order chi connectivity index (χ0) is 15.7. The van der Waals surface area contributed by atoms with Gasteiger partial charge in [-0.05, 0) is 30.2 Å². The second kappa shape index (κ2) is 5.73. The third-order valence-corrected chi connectivity index (χ3v) is 4.90. The first kappa shape index (κ1) is 15.9. The molecule has 1 saturated carbocycles. The van der Waals surface area contributed by atoms with Crippen molar-refractivity contribution in [1.29, 1.82) is 0 Å². The Balaban J connectivity index is 2.30. The van der Waals surface area contributed by atoms with Crippen molar-refractivity contribution >= 4 is 5.69 Å². The molecule has 1 aromatic carbocycles. The Kier molecular flexibility index (Phi) is 4.35. The molecule has 2 rings (SSSR count). The largest absolute Gasteiger partial charge is 0.392 e. The summed E-state index contributed by atoms with van der Waals surface area (Å²) in [4.78, 5) is 10.5. The van der Waals surface area contributed by atoms with Crippen LogP contribution in [0, 0.1) is 20.9 Å². The quantitative estimate of drug-likeness (QED) is 0.659. The summed E-state index contributed by atoms with van der Waals surface area (Å²) in [5, 5.41) is 21.7. The number of hydrogen-bond donors (Lipinski definition) is 2. The Bertz CT molecular complexity index is 530. The summed E-state index contributed by atoms with van der Waals surface area (Å²) in [6, 6.07) is 6.64. The van der Waals surface area contributed by atoms with Crippen LogP contribution >= 0.6 is 0 Å². The lowest BCUT2D eigenvalue weighted by molar-refractivity contribution is -0.384. The minimum Gasteiger partial charge on any atom is -0.392 e. The summed E-state index contributed by atoms with van der Waals surface area (Å²) in [6.45, 7) is 4.52. The molecular weight excluding hydrogens is 268 g/mol. The minimum absolute atomic E-state index is 0.0873. The molecule has 1 fully saturated rings. The molecule has 0 heterocycles. The third-order valence-electron chi connectivity index (χ3n) is 4.90. The number of rotatable bonds is 4. The fourth-order valence-electron chi connectivity index (χ4n) is 3.66. The molecule has 0 bridgehead atoms. The Morgan fingerprint density at radius 1 is 1.43 bits per heavy atom. The topological polar surface area (TPSA) is 89.4 Å². The van der Waals surface area contributed by atoms with Crippen LogP contribution < -0.4 is 5.73 Å². The maximum absolute atomic E-state index is 10.9. The van der Waals surface area contributed by atoms with Crippen LogP contribution in [0.25, 0.3) is 0 Å². The fourth-order valence-corrected chi connectivity index (χ4v) is 3.66. The Hall–Kier alpha value is -1.46. The zero-order valence-electron chi connectivity index (χ0n) is 12.7. The number of aliphatic hydroxyl groups is 1. The number of nitro benzene ring substituents is 1. The molecule has 2 unspecified atom stereocenters. The SMILES string of the molecule is CC1(C)CCCC(CN)(Cc2cccc([N+](=O)[O-])c2)C1O. The van der Waals surface area contributed by atoms with Gasteiger partial charge in [0.1, 0.15) is 0 Å². The Morgan fingerprint density at radius 3 is 2.76 bits per heavy atom. The number of nitrogens with zero attached hydrogens (tertiary/aromatic N) is 1. The number of non-ortho nitro benzene ring substituents is 1. The molecule has 0 aromatic heterocycles. The molecule has 1 aromatic rings. The van der Waals surface area contributed by atoms with E-state index in [4.69, 9.17) is 5.73 Å². The van der Waals surface area contributed by atoms with E-state index in [-0.39, 0.29) is 16.0 Å². The van der Waals surface area contributed by atoms with Crippen LogP contribution in [-0.2, 0) is 6.42 Å². The van der Waals surface area contributed by atoms with Crippen LogP contribution in [0.2, 0.25) is 0 Å². The predicted octanol–water partition coefficient (Wildman–Crippen LogP) is 2.65. The molecule has 0 aliphatic heterocycles. The second-order valence-corrected chi connectivity index (χ2v) is 6.91. The van der Waals surface area contributed by atoms with Gasteiger partial charge in [-0.25, -0.2) is 0 Å². The summed E-state index contributed by atoms with van der Waals surface area (Å²) < 4.78 is 0. The average molecular weight is 292 g/mol. The van der Waals surface area contributed by atoms with E-state index in [0.29, 0.717) is 13.0 Å². The molecule has 116 valence electrons. The lowest BCUT2D eigenvalue weighted by Crippen LogP contribution is -2.53. The Labute approximate surface area is 125 Å². The summed E-state index contributed by atoms with van der Waals surface area (Å²) in [5.41, 5.74) is 6.40. The van der Waals surface area contributed by atoms with Crippen molar-refractivity contribution in [2.24, 2.45) is 16.6 Å². The molecule has 0 amide bonds. The van der Waals surface area contributed by atoms with Gasteiger partial charge >= 0.3 is 0 Å². The van der Waals surface area contributed by atoms with E-state index < -0.39 is 11.5 Å². The number of aliphatic hydroxyl groups excluding tert-OH is 1. The minimum atomic E-state index is -0.497. The first-order valence-corrected chi connectivity index (χ1v) is 7.42. The van der Waals surface area contributed by atoms with Crippen molar-refractivity contribution < 1.29 is 10.0 Å².